The monoisotopic (exact) mass is 364 g/mol. The molecule has 0 bridgehead atoms. The Morgan fingerprint density at radius 1 is 1.15 bits per heavy atom. The highest BCUT2D eigenvalue weighted by molar-refractivity contribution is 5.92. The third-order valence-corrected chi connectivity index (χ3v) is 5.36. The normalized spacial score (nSPS) is 20.0. The molecule has 0 saturated heterocycles. The molecule has 0 aliphatic heterocycles. The van der Waals surface area contributed by atoms with Crippen LogP contribution >= 0.6 is 0 Å². The second kappa shape index (κ2) is 7.08. The van der Waals surface area contributed by atoms with Crippen molar-refractivity contribution in [3.8, 4) is 11.3 Å². The molecule has 27 heavy (non-hydrogen) atoms. The third-order valence-electron chi connectivity index (χ3n) is 5.36. The van der Waals surface area contributed by atoms with E-state index in [1.165, 1.54) is 0 Å². The van der Waals surface area contributed by atoms with Crippen LogP contribution in [0.4, 0.5) is 5.82 Å². The molecule has 3 N–H and O–H groups in total. The fourth-order valence-electron chi connectivity index (χ4n) is 3.65. The molecule has 1 aliphatic rings. The average molecular weight is 364 g/mol. The Bertz CT molecular complexity index is 1040. The van der Waals surface area contributed by atoms with Gasteiger partial charge in [0.05, 0.1) is 29.0 Å². The molecule has 4 rings (SSSR count). The first kappa shape index (κ1) is 17.6. The van der Waals surface area contributed by atoms with E-state index in [9.17, 15) is 4.79 Å². The third kappa shape index (κ3) is 3.42. The van der Waals surface area contributed by atoms with Crippen molar-refractivity contribution < 1.29 is 0 Å². The number of nitrogens with two attached hydrogens (primary N) is 1. The second-order valence-electron chi connectivity index (χ2n) is 7.27. The molecule has 1 aromatic carbocycles. The molecule has 7 heteroatoms. The fraction of sp³-hybridized carbons (Fsp3) is 0.400. The first-order valence-electron chi connectivity index (χ1n) is 9.34. The Morgan fingerprint density at radius 3 is 2.70 bits per heavy atom. The van der Waals surface area contributed by atoms with Gasteiger partial charge in [-0.25, -0.2) is 9.97 Å². The predicted octanol–water partition coefficient (Wildman–Crippen LogP) is 2.38. The highest BCUT2D eigenvalue weighted by Gasteiger charge is 2.19. The number of nitrogens with zero attached hydrogens (tertiary/aromatic N) is 4. The van der Waals surface area contributed by atoms with Gasteiger partial charge in [-0.3, -0.25) is 14.3 Å². The highest BCUT2D eigenvalue weighted by atomic mass is 16.1. The van der Waals surface area contributed by atoms with Crippen LogP contribution in [0, 0.1) is 6.92 Å². The Kier molecular flexibility index (Phi) is 4.61. The first-order valence-corrected chi connectivity index (χ1v) is 9.34. The first-order chi connectivity index (χ1) is 13.0. The molecule has 1 saturated carbocycles. The molecule has 140 valence electrons. The smallest absolute Gasteiger partial charge is 0.261 e. The molecule has 0 amide bonds. The molecule has 0 atom stereocenters. The standard InChI is InChI=1S/C20H24N6O/c1-12-23-19-15(4-3-5-16(19)20(27)26(12)2)17-10-22-11-18(25-17)24-14-8-6-13(21)7-9-14/h3-5,10-11,13-14H,6-9,21H2,1-2H3,(H,24,25). The topological polar surface area (TPSA) is 98.7 Å². The van der Waals surface area contributed by atoms with Gasteiger partial charge in [0.1, 0.15) is 11.6 Å². The van der Waals surface area contributed by atoms with Crippen LogP contribution in [-0.2, 0) is 7.05 Å². The largest absolute Gasteiger partial charge is 0.366 e. The van der Waals surface area contributed by atoms with E-state index in [-0.39, 0.29) is 5.56 Å². The van der Waals surface area contributed by atoms with Crippen molar-refractivity contribution in [1.29, 1.82) is 0 Å². The lowest BCUT2D eigenvalue weighted by Crippen LogP contribution is -2.33. The van der Waals surface area contributed by atoms with Crippen LogP contribution in [0.5, 0.6) is 0 Å². The van der Waals surface area contributed by atoms with Crippen molar-refractivity contribution in [1.82, 2.24) is 19.5 Å². The van der Waals surface area contributed by atoms with Crippen LogP contribution in [0.25, 0.3) is 22.2 Å². The van der Waals surface area contributed by atoms with Crippen molar-refractivity contribution in [3.63, 3.8) is 0 Å². The van der Waals surface area contributed by atoms with Gasteiger partial charge in [-0.05, 0) is 38.7 Å². The molecule has 2 heterocycles. The number of hydrogen-bond donors (Lipinski definition) is 2. The lowest BCUT2D eigenvalue weighted by molar-refractivity contribution is 0.410. The quantitative estimate of drug-likeness (QED) is 0.740. The van der Waals surface area contributed by atoms with Crippen molar-refractivity contribution >= 4 is 16.7 Å². The Balaban J connectivity index is 1.71. The van der Waals surface area contributed by atoms with Crippen LogP contribution < -0.4 is 16.6 Å². The van der Waals surface area contributed by atoms with E-state index < -0.39 is 0 Å². The summed E-state index contributed by atoms with van der Waals surface area (Å²) in [6, 6.07) is 6.28. The van der Waals surface area contributed by atoms with Crippen molar-refractivity contribution in [3.05, 3.63) is 46.8 Å². The number of hydrogen-bond acceptors (Lipinski definition) is 6. The maximum Gasteiger partial charge on any atom is 0.261 e. The second-order valence-corrected chi connectivity index (χ2v) is 7.27. The minimum Gasteiger partial charge on any atom is -0.366 e. The maximum atomic E-state index is 12.6. The van der Waals surface area contributed by atoms with E-state index in [4.69, 9.17) is 10.7 Å². The SMILES string of the molecule is Cc1nc2c(-c3cncc(NC4CCC(N)CC4)n3)cccc2c(=O)n1C. The minimum absolute atomic E-state index is 0.0554. The van der Waals surface area contributed by atoms with Gasteiger partial charge in [0, 0.05) is 24.7 Å². The number of fused-ring (bicyclic) bond motifs is 1. The van der Waals surface area contributed by atoms with Gasteiger partial charge in [-0.1, -0.05) is 12.1 Å². The minimum atomic E-state index is -0.0554. The lowest BCUT2D eigenvalue weighted by Gasteiger charge is -2.27. The number of nitrogens with one attached hydrogen (secondary N) is 1. The van der Waals surface area contributed by atoms with Gasteiger partial charge >= 0.3 is 0 Å². The number of aromatic nitrogens is 4. The molecule has 3 aromatic rings. The van der Waals surface area contributed by atoms with Gasteiger partial charge in [-0.15, -0.1) is 0 Å². The molecule has 0 unspecified atom stereocenters. The van der Waals surface area contributed by atoms with Gasteiger partial charge < -0.3 is 11.1 Å². The van der Waals surface area contributed by atoms with Crippen LogP contribution in [0.2, 0.25) is 0 Å². The van der Waals surface area contributed by atoms with E-state index >= 15 is 0 Å². The fourth-order valence-corrected chi connectivity index (χ4v) is 3.65. The zero-order valence-electron chi connectivity index (χ0n) is 15.6. The zero-order chi connectivity index (χ0) is 19.0. The summed E-state index contributed by atoms with van der Waals surface area (Å²) in [6.07, 6.45) is 7.59. The van der Waals surface area contributed by atoms with E-state index in [0.717, 1.165) is 37.1 Å². The van der Waals surface area contributed by atoms with Crippen molar-refractivity contribution in [2.45, 2.75) is 44.7 Å². The summed E-state index contributed by atoms with van der Waals surface area (Å²) in [5.41, 5.74) is 8.11. The van der Waals surface area contributed by atoms with Gasteiger partial charge in [0.2, 0.25) is 0 Å². The van der Waals surface area contributed by atoms with Crippen molar-refractivity contribution in [2.75, 3.05) is 5.32 Å². The summed E-state index contributed by atoms with van der Waals surface area (Å²) in [5.74, 6) is 1.41. The molecule has 1 aliphatic carbocycles. The summed E-state index contributed by atoms with van der Waals surface area (Å²) >= 11 is 0. The number of para-hydroxylation sites is 1. The predicted molar refractivity (Wildman–Crippen MR) is 107 cm³/mol. The number of rotatable bonds is 3. The molecule has 0 radical (unpaired) electrons. The summed E-state index contributed by atoms with van der Waals surface area (Å²) in [4.78, 5) is 26.3. The molecule has 0 spiro atoms. The van der Waals surface area contributed by atoms with Crippen molar-refractivity contribution in [2.24, 2.45) is 12.8 Å². The molecule has 7 nitrogen and oxygen atoms in total. The van der Waals surface area contributed by atoms with Crippen LogP contribution in [0.3, 0.4) is 0 Å². The van der Waals surface area contributed by atoms with Gasteiger partial charge in [0.15, 0.2) is 0 Å². The van der Waals surface area contributed by atoms with Crippen LogP contribution in [-0.4, -0.2) is 31.6 Å². The Labute approximate surface area is 157 Å². The van der Waals surface area contributed by atoms with E-state index in [1.807, 2.05) is 19.1 Å². The highest BCUT2D eigenvalue weighted by Crippen LogP contribution is 2.26. The van der Waals surface area contributed by atoms with E-state index in [2.05, 4.69) is 15.3 Å². The number of benzene rings is 1. The molecular weight excluding hydrogens is 340 g/mol. The number of aryl methyl sites for hydroxylation is 1. The summed E-state index contributed by atoms with van der Waals surface area (Å²) < 4.78 is 1.56. The Morgan fingerprint density at radius 2 is 1.93 bits per heavy atom. The Hall–Kier alpha value is -2.80. The maximum absolute atomic E-state index is 12.6. The summed E-state index contributed by atoms with van der Waals surface area (Å²) in [5, 5.41) is 4.06. The van der Waals surface area contributed by atoms with Gasteiger partial charge in [0.25, 0.3) is 5.56 Å². The average Bonchev–Trinajstić information content (AvgIpc) is 2.68. The van der Waals surface area contributed by atoms with Crippen LogP contribution in [0.1, 0.15) is 31.5 Å². The molecule has 1 fully saturated rings. The zero-order valence-corrected chi connectivity index (χ0v) is 15.6. The number of anilines is 1. The summed E-state index contributed by atoms with van der Waals surface area (Å²) in [6.45, 7) is 1.83. The lowest BCUT2D eigenvalue weighted by atomic mass is 9.92. The van der Waals surface area contributed by atoms with E-state index in [1.54, 1.807) is 30.1 Å². The van der Waals surface area contributed by atoms with Gasteiger partial charge in [-0.2, -0.15) is 0 Å². The van der Waals surface area contributed by atoms with E-state index in [0.29, 0.717) is 34.5 Å². The van der Waals surface area contributed by atoms with Crippen LogP contribution in [0.15, 0.2) is 35.4 Å². The molecular formula is C20H24N6O. The summed E-state index contributed by atoms with van der Waals surface area (Å²) in [7, 11) is 1.73. The molecule has 2 aromatic heterocycles.